The molecule has 1 aliphatic heterocycles. The highest BCUT2D eigenvalue weighted by molar-refractivity contribution is 6.01. The third-order valence-corrected chi connectivity index (χ3v) is 5.42. The zero-order valence-corrected chi connectivity index (χ0v) is 16.5. The summed E-state index contributed by atoms with van der Waals surface area (Å²) in [6, 6.07) is 14.4. The largest absolute Gasteiger partial charge is 0.459 e. The van der Waals surface area contributed by atoms with Crippen LogP contribution < -0.4 is 0 Å². The molecule has 0 unspecified atom stereocenters. The van der Waals surface area contributed by atoms with Crippen LogP contribution in [-0.2, 0) is 0 Å². The molecule has 0 saturated carbocycles. The second kappa shape index (κ2) is 7.71. The van der Waals surface area contributed by atoms with Crippen LogP contribution in [0.3, 0.4) is 0 Å². The maximum Gasteiger partial charge on any atom is 0.289 e. The predicted molar refractivity (Wildman–Crippen MR) is 110 cm³/mol. The molecule has 0 atom stereocenters. The summed E-state index contributed by atoms with van der Waals surface area (Å²) in [5.74, 6) is 0.141. The van der Waals surface area contributed by atoms with E-state index in [4.69, 9.17) is 8.94 Å². The number of aromatic nitrogens is 1. The van der Waals surface area contributed by atoms with Crippen LogP contribution in [0.4, 0.5) is 4.39 Å². The van der Waals surface area contributed by atoms with Crippen molar-refractivity contribution in [2.45, 2.75) is 0 Å². The average molecular weight is 419 g/mol. The number of piperazine rings is 1. The number of rotatable bonds is 3. The van der Waals surface area contributed by atoms with Gasteiger partial charge in [-0.05, 0) is 54.6 Å². The van der Waals surface area contributed by atoms with Gasteiger partial charge in [-0.1, -0.05) is 5.16 Å². The molecule has 0 radical (unpaired) electrons. The van der Waals surface area contributed by atoms with Crippen molar-refractivity contribution in [3.05, 3.63) is 78.0 Å². The van der Waals surface area contributed by atoms with Crippen molar-refractivity contribution in [3.8, 4) is 11.3 Å². The van der Waals surface area contributed by atoms with E-state index in [1.807, 2.05) is 0 Å². The van der Waals surface area contributed by atoms with Gasteiger partial charge < -0.3 is 18.7 Å². The van der Waals surface area contributed by atoms with E-state index in [9.17, 15) is 14.0 Å². The highest BCUT2D eigenvalue weighted by atomic mass is 19.1. The summed E-state index contributed by atoms with van der Waals surface area (Å²) in [5, 5.41) is 4.72. The molecule has 8 heteroatoms. The lowest BCUT2D eigenvalue weighted by Gasteiger charge is -2.34. The summed E-state index contributed by atoms with van der Waals surface area (Å²) >= 11 is 0. The number of hydrogen-bond acceptors (Lipinski definition) is 5. The molecule has 0 spiro atoms. The van der Waals surface area contributed by atoms with Crippen LogP contribution in [0.25, 0.3) is 22.2 Å². The molecule has 156 valence electrons. The molecule has 31 heavy (non-hydrogen) atoms. The molecule has 5 rings (SSSR count). The van der Waals surface area contributed by atoms with Crippen molar-refractivity contribution in [1.82, 2.24) is 15.0 Å². The van der Waals surface area contributed by atoms with Crippen LogP contribution in [0, 0.1) is 5.82 Å². The lowest BCUT2D eigenvalue weighted by molar-refractivity contribution is 0.0518. The number of nitrogens with zero attached hydrogens (tertiary/aromatic N) is 3. The van der Waals surface area contributed by atoms with Crippen molar-refractivity contribution in [2.24, 2.45) is 0 Å². The fourth-order valence-electron chi connectivity index (χ4n) is 3.74. The van der Waals surface area contributed by atoms with Gasteiger partial charge in [0.25, 0.3) is 11.8 Å². The number of amides is 2. The van der Waals surface area contributed by atoms with Crippen LogP contribution in [0.1, 0.15) is 20.9 Å². The Labute approximate surface area is 176 Å². The maximum atomic E-state index is 13.2. The molecule has 4 aromatic rings. The van der Waals surface area contributed by atoms with E-state index in [1.54, 1.807) is 52.3 Å². The maximum absolute atomic E-state index is 13.2. The van der Waals surface area contributed by atoms with E-state index < -0.39 is 0 Å². The standard InChI is InChI=1S/C23H18FN3O4/c24-17-6-3-15(4-7-17)21-18-14-16(5-8-19(18)25-31-21)22(28)26-9-11-27(12-10-26)23(29)20-2-1-13-30-20/h1-8,13-14H,9-12H2. The van der Waals surface area contributed by atoms with E-state index in [0.29, 0.717) is 59.7 Å². The van der Waals surface area contributed by atoms with E-state index in [-0.39, 0.29) is 17.6 Å². The number of fused-ring (bicyclic) bond motifs is 1. The monoisotopic (exact) mass is 419 g/mol. The minimum Gasteiger partial charge on any atom is -0.459 e. The van der Waals surface area contributed by atoms with Gasteiger partial charge in [0.1, 0.15) is 11.3 Å². The van der Waals surface area contributed by atoms with Crippen LogP contribution in [-0.4, -0.2) is 52.9 Å². The second-order valence-corrected chi connectivity index (χ2v) is 7.31. The minimum atomic E-state index is -0.340. The molecule has 2 aromatic carbocycles. The summed E-state index contributed by atoms with van der Waals surface area (Å²) < 4.78 is 23.9. The van der Waals surface area contributed by atoms with Crippen molar-refractivity contribution >= 4 is 22.7 Å². The molecule has 1 saturated heterocycles. The molecule has 1 aliphatic rings. The number of furan rings is 1. The molecular weight excluding hydrogens is 401 g/mol. The van der Waals surface area contributed by atoms with Gasteiger partial charge in [-0.3, -0.25) is 9.59 Å². The molecule has 2 aromatic heterocycles. The number of halogens is 1. The van der Waals surface area contributed by atoms with Crippen LogP contribution in [0.15, 0.2) is 69.8 Å². The normalized spacial score (nSPS) is 14.2. The molecule has 3 heterocycles. The van der Waals surface area contributed by atoms with Crippen molar-refractivity contribution in [3.63, 3.8) is 0 Å². The summed E-state index contributed by atoms with van der Waals surface area (Å²) in [4.78, 5) is 28.9. The van der Waals surface area contributed by atoms with E-state index in [0.717, 1.165) is 0 Å². The van der Waals surface area contributed by atoms with Gasteiger partial charge in [-0.15, -0.1) is 0 Å². The van der Waals surface area contributed by atoms with E-state index in [2.05, 4.69) is 5.16 Å². The first-order chi connectivity index (χ1) is 15.1. The molecule has 7 nitrogen and oxygen atoms in total. The minimum absolute atomic E-state index is 0.127. The molecule has 1 fully saturated rings. The van der Waals surface area contributed by atoms with Gasteiger partial charge in [-0.25, -0.2) is 4.39 Å². The first-order valence-corrected chi connectivity index (χ1v) is 9.87. The molecule has 0 aliphatic carbocycles. The summed E-state index contributed by atoms with van der Waals surface area (Å²) in [6.45, 7) is 1.72. The Kier molecular flexibility index (Phi) is 4.74. The molecular formula is C23H18FN3O4. The smallest absolute Gasteiger partial charge is 0.289 e. The van der Waals surface area contributed by atoms with Crippen molar-refractivity contribution in [1.29, 1.82) is 0 Å². The Morgan fingerprint density at radius 2 is 1.61 bits per heavy atom. The zero-order valence-electron chi connectivity index (χ0n) is 16.5. The average Bonchev–Trinajstić information content (AvgIpc) is 3.49. The molecule has 2 amide bonds. The summed E-state index contributed by atoms with van der Waals surface area (Å²) in [7, 11) is 0. The second-order valence-electron chi connectivity index (χ2n) is 7.31. The van der Waals surface area contributed by atoms with Gasteiger partial charge in [0, 0.05) is 37.3 Å². The Bertz CT molecular complexity index is 1240. The highest BCUT2D eigenvalue weighted by Crippen LogP contribution is 2.30. The summed E-state index contributed by atoms with van der Waals surface area (Å²) in [5.41, 5.74) is 1.80. The fourth-order valence-corrected chi connectivity index (χ4v) is 3.74. The molecule has 0 bridgehead atoms. The van der Waals surface area contributed by atoms with Gasteiger partial charge >= 0.3 is 0 Å². The van der Waals surface area contributed by atoms with Crippen molar-refractivity contribution < 1.29 is 22.9 Å². The van der Waals surface area contributed by atoms with Crippen LogP contribution in [0.5, 0.6) is 0 Å². The lowest BCUT2D eigenvalue weighted by Crippen LogP contribution is -2.50. The topological polar surface area (TPSA) is 79.8 Å². The van der Waals surface area contributed by atoms with Gasteiger partial charge in [0.15, 0.2) is 11.5 Å². The van der Waals surface area contributed by atoms with Crippen LogP contribution >= 0.6 is 0 Å². The fraction of sp³-hybridized carbons (Fsp3) is 0.174. The number of carbonyl (C=O) groups is 2. The van der Waals surface area contributed by atoms with Crippen molar-refractivity contribution in [2.75, 3.05) is 26.2 Å². The third-order valence-electron chi connectivity index (χ3n) is 5.42. The number of benzene rings is 2. The lowest BCUT2D eigenvalue weighted by atomic mass is 10.1. The van der Waals surface area contributed by atoms with Crippen LogP contribution in [0.2, 0.25) is 0 Å². The van der Waals surface area contributed by atoms with Gasteiger partial charge in [0.05, 0.1) is 11.6 Å². The quantitative estimate of drug-likeness (QED) is 0.504. The van der Waals surface area contributed by atoms with E-state index in [1.165, 1.54) is 18.4 Å². The molecule has 0 N–H and O–H groups in total. The number of hydrogen-bond donors (Lipinski definition) is 0. The Morgan fingerprint density at radius 1 is 0.903 bits per heavy atom. The SMILES string of the molecule is O=C(c1ccc2noc(-c3ccc(F)cc3)c2c1)N1CCN(C(=O)c2ccco2)CC1. The Balaban J connectivity index is 1.34. The zero-order chi connectivity index (χ0) is 21.4. The van der Waals surface area contributed by atoms with E-state index >= 15 is 0 Å². The van der Waals surface area contributed by atoms with Gasteiger partial charge in [0.2, 0.25) is 0 Å². The number of carbonyl (C=O) groups excluding carboxylic acids is 2. The Morgan fingerprint density at radius 3 is 2.29 bits per heavy atom. The first-order valence-electron chi connectivity index (χ1n) is 9.87. The predicted octanol–water partition coefficient (Wildman–Crippen LogP) is 3.83. The third kappa shape index (κ3) is 3.56. The first kappa shape index (κ1) is 19.0. The summed E-state index contributed by atoms with van der Waals surface area (Å²) in [6.07, 6.45) is 1.47. The highest BCUT2D eigenvalue weighted by Gasteiger charge is 2.27. The Hall–Kier alpha value is -3.94. The van der Waals surface area contributed by atoms with Gasteiger partial charge in [-0.2, -0.15) is 0 Å².